The molecule has 10 heteroatoms. The molecule has 2 aromatic carbocycles. The molecular formula is C25H26BrClN4O4. The molecule has 3 fully saturated rings. The van der Waals surface area contributed by atoms with Gasteiger partial charge in [0.25, 0.3) is 0 Å². The van der Waals surface area contributed by atoms with Crippen LogP contribution in [0, 0.1) is 0 Å². The van der Waals surface area contributed by atoms with E-state index in [1.54, 1.807) is 7.11 Å². The van der Waals surface area contributed by atoms with Crippen LogP contribution in [0.2, 0.25) is 5.02 Å². The van der Waals surface area contributed by atoms with E-state index in [0.29, 0.717) is 41.6 Å². The van der Waals surface area contributed by atoms with Crippen LogP contribution in [0.5, 0.6) is 11.5 Å². The Morgan fingerprint density at radius 1 is 1.06 bits per heavy atom. The van der Waals surface area contributed by atoms with E-state index in [1.165, 1.54) is 19.2 Å². The number of methoxy groups -OCH3 is 1. The molecule has 35 heavy (non-hydrogen) atoms. The molecule has 0 saturated carbocycles. The first-order valence-electron chi connectivity index (χ1n) is 11.8. The summed E-state index contributed by atoms with van der Waals surface area (Å²) in [5.41, 5.74) is 1.55. The highest BCUT2D eigenvalue weighted by atomic mass is 79.9. The first kappa shape index (κ1) is 23.2. The molecule has 4 heterocycles. The molecule has 0 spiro atoms. The van der Waals surface area contributed by atoms with Crippen molar-refractivity contribution in [3.05, 3.63) is 46.2 Å². The standard InChI is InChI=1S/C25H26BrClN4O4/c1-32-20-9-15-18(28-13-29-25(15)30-14-4-5-16(26)17(27)8-14)10-21(20)35-22-12-34-23-19(11-33-24(22)23)31-6-2-3-7-31/h4-5,8-10,13,19,22-24H,2-3,6-7,11-12H2,1H3,(H,28,29,30)/t19-,22?,23+,24+/m1/s1. The first-order chi connectivity index (χ1) is 17.1. The molecule has 6 rings (SSSR count). The minimum atomic E-state index is -0.205. The average Bonchev–Trinajstić information content (AvgIpc) is 3.61. The van der Waals surface area contributed by atoms with Crippen molar-refractivity contribution in [3.63, 3.8) is 0 Å². The lowest BCUT2D eigenvalue weighted by Crippen LogP contribution is -2.43. The molecule has 3 aliphatic rings. The summed E-state index contributed by atoms with van der Waals surface area (Å²) in [6.07, 6.45) is 3.76. The maximum atomic E-state index is 6.42. The topological polar surface area (TPSA) is 78.0 Å². The number of rotatable bonds is 6. The van der Waals surface area contributed by atoms with Crippen LogP contribution in [0.1, 0.15) is 12.8 Å². The summed E-state index contributed by atoms with van der Waals surface area (Å²) in [5.74, 6) is 1.86. The third-order valence-electron chi connectivity index (χ3n) is 6.97. The van der Waals surface area contributed by atoms with E-state index in [4.69, 9.17) is 30.5 Å². The summed E-state index contributed by atoms with van der Waals surface area (Å²) in [4.78, 5) is 11.4. The third kappa shape index (κ3) is 4.44. The lowest BCUT2D eigenvalue weighted by Gasteiger charge is -2.26. The van der Waals surface area contributed by atoms with E-state index in [9.17, 15) is 0 Å². The third-order valence-corrected chi connectivity index (χ3v) is 8.21. The van der Waals surface area contributed by atoms with E-state index in [0.717, 1.165) is 34.2 Å². The Labute approximate surface area is 217 Å². The SMILES string of the molecule is COc1cc2c(Nc3ccc(Br)c(Cl)c3)ncnc2cc1OC1CO[C@H]2[C@H](N3CCCC3)CO[C@@H]12. The minimum absolute atomic E-state index is 0.0420. The number of ether oxygens (including phenoxy) is 4. The summed E-state index contributed by atoms with van der Waals surface area (Å²) < 4.78 is 25.3. The number of fused-ring (bicyclic) bond motifs is 2. The Hall–Kier alpha value is -2.17. The van der Waals surface area contributed by atoms with Gasteiger partial charge in [-0.25, -0.2) is 9.97 Å². The number of halogens is 2. The molecule has 0 radical (unpaired) electrons. The number of benzene rings is 2. The van der Waals surface area contributed by atoms with Gasteiger partial charge in [-0.15, -0.1) is 0 Å². The maximum absolute atomic E-state index is 6.42. The predicted octanol–water partition coefficient (Wildman–Crippen LogP) is 4.81. The molecule has 1 unspecified atom stereocenters. The van der Waals surface area contributed by atoms with Gasteiger partial charge >= 0.3 is 0 Å². The number of hydrogen-bond acceptors (Lipinski definition) is 8. The van der Waals surface area contributed by atoms with Gasteiger partial charge in [0.1, 0.15) is 24.4 Å². The minimum Gasteiger partial charge on any atom is -0.493 e. The van der Waals surface area contributed by atoms with Gasteiger partial charge in [-0.3, -0.25) is 4.90 Å². The van der Waals surface area contributed by atoms with Crippen LogP contribution in [0.15, 0.2) is 41.1 Å². The first-order valence-corrected chi connectivity index (χ1v) is 13.0. The Kier molecular flexibility index (Phi) is 6.45. The fraction of sp³-hybridized carbons (Fsp3) is 0.440. The zero-order chi connectivity index (χ0) is 23.9. The van der Waals surface area contributed by atoms with Crippen LogP contribution in [0.4, 0.5) is 11.5 Å². The van der Waals surface area contributed by atoms with Gasteiger partial charge in [0.05, 0.1) is 36.9 Å². The summed E-state index contributed by atoms with van der Waals surface area (Å²) in [6.45, 7) is 3.41. The van der Waals surface area contributed by atoms with E-state index in [2.05, 4.69) is 36.1 Å². The van der Waals surface area contributed by atoms with Gasteiger partial charge in [0.15, 0.2) is 17.6 Å². The highest BCUT2D eigenvalue weighted by Crippen LogP contribution is 2.39. The number of aromatic nitrogens is 2. The molecule has 0 bridgehead atoms. The molecule has 3 aromatic rings. The predicted molar refractivity (Wildman–Crippen MR) is 137 cm³/mol. The largest absolute Gasteiger partial charge is 0.493 e. The quantitative estimate of drug-likeness (QED) is 0.460. The second-order valence-corrected chi connectivity index (χ2v) is 10.3. The van der Waals surface area contributed by atoms with Crippen LogP contribution in [-0.2, 0) is 9.47 Å². The van der Waals surface area contributed by atoms with Crippen LogP contribution < -0.4 is 14.8 Å². The molecule has 1 aromatic heterocycles. The molecular weight excluding hydrogens is 536 g/mol. The normalized spacial score (nSPS) is 26.3. The van der Waals surface area contributed by atoms with Crippen LogP contribution in [-0.4, -0.2) is 72.6 Å². The van der Waals surface area contributed by atoms with Crippen molar-refractivity contribution in [2.24, 2.45) is 0 Å². The van der Waals surface area contributed by atoms with Gasteiger partial charge in [-0.2, -0.15) is 0 Å². The second-order valence-electron chi connectivity index (χ2n) is 9.06. The zero-order valence-electron chi connectivity index (χ0n) is 19.2. The lowest BCUT2D eigenvalue weighted by atomic mass is 10.1. The summed E-state index contributed by atoms with van der Waals surface area (Å²) in [6, 6.07) is 9.73. The van der Waals surface area contributed by atoms with Crippen LogP contribution in [0.3, 0.4) is 0 Å². The second kappa shape index (κ2) is 9.71. The zero-order valence-corrected chi connectivity index (χ0v) is 21.6. The molecule has 3 aliphatic heterocycles. The van der Waals surface area contributed by atoms with E-state index in [-0.39, 0.29) is 18.3 Å². The molecule has 3 saturated heterocycles. The van der Waals surface area contributed by atoms with Crippen molar-refractivity contribution in [3.8, 4) is 11.5 Å². The van der Waals surface area contributed by atoms with Crippen LogP contribution >= 0.6 is 27.5 Å². The molecule has 8 nitrogen and oxygen atoms in total. The van der Waals surface area contributed by atoms with Crippen molar-refractivity contribution in [2.75, 3.05) is 38.7 Å². The summed E-state index contributed by atoms with van der Waals surface area (Å²) in [5, 5.41) is 4.74. The summed E-state index contributed by atoms with van der Waals surface area (Å²) in [7, 11) is 1.63. The monoisotopic (exact) mass is 560 g/mol. The van der Waals surface area contributed by atoms with Gasteiger partial charge in [0.2, 0.25) is 0 Å². The number of hydrogen-bond donors (Lipinski definition) is 1. The highest BCUT2D eigenvalue weighted by molar-refractivity contribution is 9.10. The van der Waals surface area contributed by atoms with Crippen molar-refractivity contribution >= 4 is 49.9 Å². The Morgan fingerprint density at radius 3 is 2.69 bits per heavy atom. The average molecular weight is 562 g/mol. The molecule has 0 aliphatic carbocycles. The van der Waals surface area contributed by atoms with Crippen molar-refractivity contribution in [1.29, 1.82) is 0 Å². The fourth-order valence-electron chi connectivity index (χ4n) is 5.22. The summed E-state index contributed by atoms with van der Waals surface area (Å²) >= 11 is 9.67. The molecule has 4 atom stereocenters. The van der Waals surface area contributed by atoms with Crippen LogP contribution in [0.25, 0.3) is 10.9 Å². The van der Waals surface area contributed by atoms with E-state index in [1.807, 2.05) is 30.3 Å². The van der Waals surface area contributed by atoms with E-state index < -0.39 is 0 Å². The Morgan fingerprint density at radius 2 is 1.89 bits per heavy atom. The van der Waals surface area contributed by atoms with Gasteiger partial charge < -0.3 is 24.3 Å². The van der Waals surface area contributed by atoms with Gasteiger partial charge in [-0.05, 0) is 66.1 Å². The highest BCUT2D eigenvalue weighted by Gasteiger charge is 2.51. The van der Waals surface area contributed by atoms with Crippen molar-refractivity contribution in [2.45, 2.75) is 37.2 Å². The number of nitrogens with zero attached hydrogens (tertiary/aromatic N) is 3. The molecule has 184 valence electrons. The Bertz CT molecular complexity index is 1240. The van der Waals surface area contributed by atoms with Crippen molar-refractivity contribution in [1.82, 2.24) is 14.9 Å². The molecule has 0 amide bonds. The number of likely N-dealkylation sites (tertiary alicyclic amines) is 1. The van der Waals surface area contributed by atoms with Gasteiger partial charge in [-0.1, -0.05) is 11.6 Å². The van der Waals surface area contributed by atoms with Crippen molar-refractivity contribution < 1.29 is 18.9 Å². The maximum Gasteiger partial charge on any atom is 0.164 e. The number of nitrogens with one attached hydrogen (secondary N) is 1. The van der Waals surface area contributed by atoms with E-state index >= 15 is 0 Å². The number of anilines is 2. The fourth-order valence-corrected chi connectivity index (χ4v) is 5.65. The van der Waals surface area contributed by atoms with Gasteiger partial charge in [0, 0.05) is 21.6 Å². The smallest absolute Gasteiger partial charge is 0.164 e. The lowest BCUT2D eigenvalue weighted by molar-refractivity contribution is 0.0254. The molecule has 1 N–H and O–H groups in total. The Balaban J connectivity index is 1.24.